The highest BCUT2D eigenvalue weighted by atomic mass is 19.4. The first-order valence-corrected chi connectivity index (χ1v) is 10.1. The Hall–Kier alpha value is -2.95. The molecule has 31 heavy (non-hydrogen) atoms. The van der Waals surface area contributed by atoms with E-state index in [1.165, 1.54) is 4.90 Å². The number of hydrogen-bond acceptors (Lipinski definition) is 7. The highest BCUT2D eigenvalue weighted by Crippen LogP contribution is 2.33. The average Bonchev–Trinajstić information content (AvgIpc) is 3.03. The van der Waals surface area contributed by atoms with Gasteiger partial charge in [0, 0.05) is 18.7 Å². The van der Waals surface area contributed by atoms with E-state index >= 15 is 0 Å². The Bertz CT molecular complexity index is 921. The Kier molecular flexibility index (Phi) is 5.46. The number of guanidine groups is 1. The number of amidine groups is 1. The summed E-state index contributed by atoms with van der Waals surface area (Å²) >= 11 is 0. The third-order valence-corrected chi connectivity index (χ3v) is 5.37. The lowest BCUT2D eigenvalue weighted by Crippen LogP contribution is -2.52. The minimum absolute atomic E-state index is 0.0716. The SMILES string of the molecule is CC1CN(C2=C(c3ccccc3)N=C(N)N3CN(CCC(F)(F)F)[N+]([O-])=C23)CC(C)O1. The van der Waals surface area contributed by atoms with E-state index in [-0.39, 0.29) is 30.7 Å². The van der Waals surface area contributed by atoms with Crippen molar-refractivity contribution < 1.29 is 22.8 Å². The molecule has 2 unspecified atom stereocenters. The number of hydrogen-bond donors (Lipinski definition) is 1. The Morgan fingerprint density at radius 1 is 1.19 bits per heavy atom. The van der Waals surface area contributed by atoms with Crippen LogP contribution in [-0.4, -0.2) is 76.1 Å². The van der Waals surface area contributed by atoms with Crippen LogP contribution < -0.4 is 5.73 Å². The van der Waals surface area contributed by atoms with Gasteiger partial charge >= 0.3 is 12.0 Å². The van der Waals surface area contributed by atoms with E-state index in [9.17, 15) is 18.4 Å². The number of nitrogens with zero attached hydrogens (tertiary/aromatic N) is 5. The number of ether oxygens (including phenoxy) is 1. The summed E-state index contributed by atoms with van der Waals surface area (Å²) in [4.78, 5) is 8.57. The molecule has 3 aliphatic heterocycles. The third kappa shape index (κ3) is 4.27. The lowest BCUT2D eigenvalue weighted by atomic mass is 10.1. The van der Waals surface area contributed by atoms with Crippen molar-refractivity contribution in [3.8, 4) is 0 Å². The summed E-state index contributed by atoms with van der Waals surface area (Å²) in [5.74, 6) is 0.261. The van der Waals surface area contributed by atoms with E-state index in [2.05, 4.69) is 4.99 Å². The van der Waals surface area contributed by atoms with Crippen LogP contribution in [0.25, 0.3) is 5.70 Å². The zero-order valence-electron chi connectivity index (χ0n) is 17.3. The number of hydrazone groups is 1. The Balaban J connectivity index is 1.82. The van der Waals surface area contributed by atoms with Crippen LogP contribution in [0, 0.1) is 5.21 Å². The van der Waals surface area contributed by atoms with E-state index in [0.717, 1.165) is 10.6 Å². The summed E-state index contributed by atoms with van der Waals surface area (Å²) in [5, 5.41) is 14.3. The fourth-order valence-corrected chi connectivity index (χ4v) is 4.12. The van der Waals surface area contributed by atoms with E-state index < -0.39 is 19.1 Å². The fourth-order valence-electron chi connectivity index (χ4n) is 4.12. The minimum Gasteiger partial charge on any atom is -0.692 e. The van der Waals surface area contributed by atoms with Crippen LogP contribution >= 0.6 is 0 Å². The van der Waals surface area contributed by atoms with Crippen molar-refractivity contribution >= 4 is 17.5 Å². The van der Waals surface area contributed by atoms with Gasteiger partial charge in [-0.1, -0.05) is 30.3 Å². The fraction of sp³-hybridized carbons (Fsp3) is 0.500. The van der Waals surface area contributed by atoms with Gasteiger partial charge < -0.3 is 20.6 Å². The second-order valence-electron chi connectivity index (χ2n) is 7.96. The maximum absolute atomic E-state index is 13.2. The number of aliphatic imine (C=N–C) groups is 1. The van der Waals surface area contributed by atoms with Crippen molar-refractivity contribution in [2.24, 2.45) is 10.7 Å². The molecule has 168 valence electrons. The average molecular weight is 438 g/mol. The molecular formula is C20H25F3N6O2. The monoisotopic (exact) mass is 438 g/mol. The second kappa shape index (κ2) is 7.95. The van der Waals surface area contributed by atoms with Crippen molar-refractivity contribution in [3.05, 3.63) is 46.8 Å². The molecule has 3 aliphatic rings. The van der Waals surface area contributed by atoms with Crippen LogP contribution in [0.4, 0.5) is 13.2 Å². The molecular weight excluding hydrogens is 413 g/mol. The Morgan fingerprint density at radius 3 is 2.45 bits per heavy atom. The van der Waals surface area contributed by atoms with Crippen LogP contribution in [0.1, 0.15) is 25.8 Å². The van der Waals surface area contributed by atoms with Gasteiger partial charge in [-0.05, 0) is 13.8 Å². The lowest BCUT2D eigenvalue weighted by molar-refractivity contribution is -0.628. The molecule has 1 saturated heterocycles. The zero-order chi connectivity index (χ0) is 22.3. The maximum atomic E-state index is 13.2. The predicted octanol–water partition coefficient (Wildman–Crippen LogP) is 2.14. The molecule has 0 saturated carbocycles. The van der Waals surface area contributed by atoms with Gasteiger partial charge in [0.2, 0.25) is 0 Å². The first-order chi connectivity index (χ1) is 14.6. The Labute approximate surface area is 178 Å². The third-order valence-electron chi connectivity index (χ3n) is 5.37. The highest BCUT2D eigenvalue weighted by Gasteiger charge is 2.47. The zero-order valence-corrected chi connectivity index (χ0v) is 17.3. The highest BCUT2D eigenvalue weighted by molar-refractivity contribution is 6.14. The van der Waals surface area contributed by atoms with E-state index in [1.54, 1.807) is 0 Å². The van der Waals surface area contributed by atoms with Gasteiger partial charge in [-0.2, -0.15) is 27.9 Å². The summed E-state index contributed by atoms with van der Waals surface area (Å²) in [7, 11) is 0. The summed E-state index contributed by atoms with van der Waals surface area (Å²) in [6.45, 7) is 4.34. The summed E-state index contributed by atoms with van der Waals surface area (Å²) in [6.07, 6.45) is -5.64. The van der Waals surface area contributed by atoms with Gasteiger partial charge in [0.1, 0.15) is 5.70 Å². The van der Waals surface area contributed by atoms with Gasteiger partial charge in [-0.25, -0.2) is 5.01 Å². The van der Waals surface area contributed by atoms with Gasteiger partial charge in [-0.15, -0.1) is 0 Å². The van der Waals surface area contributed by atoms with Crippen molar-refractivity contribution in [2.75, 3.05) is 26.3 Å². The number of halogens is 3. The van der Waals surface area contributed by atoms with Crippen LogP contribution in [0.5, 0.6) is 0 Å². The number of benzene rings is 1. The van der Waals surface area contributed by atoms with Gasteiger partial charge in [0.05, 0.1) is 25.2 Å². The second-order valence-corrected chi connectivity index (χ2v) is 7.96. The molecule has 8 nitrogen and oxygen atoms in total. The molecule has 0 spiro atoms. The van der Waals surface area contributed by atoms with Crippen LogP contribution in [0.3, 0.4) is 0 Å². The minimum atomic E-state index is -4.36. The number of rotatable bonds is 4. The summed E-state index contributed by atoms with van der Waals surface area (Å²) in [5.41, 5.74) is 7.99. The smallest absolute Gasteiger partial charge is 0.390 e. The topological polar surface area (TPSA) is 83.4 Å². The van der Waals surface area contributed by atoms with Crippen LogP contribution in [0.2, 0.25) is 0 Å². The Morgan fingerprint density at radius 2 is 1.84 bits per heavy atom. The van der Waals surface area contributed by atoms with Gasteiger partial charge in [-0.3, -0.25) is 0 Å². The molecule has 0 aliphatic carbocycles. The van der Waals surface area contributed by atoms with E-state index in [4.69, 9.17) is 10.5 Å². The molecule has 4 rings (SSSR count). The molecule has 0 aromatic heterocycles. The van der Waals surface area contributed by atoms with Gasteiger partial charge in [0.25, 0.3) is 5.96 Å². The molecule has 3 heterocycles. The van der Waals surface area contributed by atoms with Crippen LogP contribution in [0.15, 0.2) is 41.0 Å². The molecule has 0 radical (unpaired) electrons. The number of fused-ring (bicyclic) bond motifs is 1. The normalized spacial score (nSPS) is 24.7. The molecule has 2 atom stereocenters. The van der Waals surface area contributed by atoms with Crippen LogP contribution in [-0.2, 0) is 4.74 Å². The molecule has 0 amide bonds. The molecule has 11 heteroatoms. The van der Waals surface area contributed by atoms with E-state index in [0.29, 0.717) is 29.3 Å². The van der Waals surface area contributed by atoms with Crippen molar-refractivity contribution in [2.45, 2.75) is 38.7 Å². The standard InChI is InChI=1S/C20H25F3N6O2/c1-13-10-26(11-14(2)31-13)17-16(15-6-4-3-5-7-15)25-19(24)28-12-27(29(30)18(17)28)9-8-20(21,22)23/h3-7,13-14H,8-12H2,1-2H3,(H2,24,25). The first kappa shape index (κ1) is 21.3. The van der Waals surface area contributed by atoms with Crippen molar-refractivity contribution in [3.63, 3.8) is 0 Å². The van der Waals surface area contributed by atoms with Crippen molar-refractivity contribution in [1.82, 2.24) is 14.8 Å². The number of alkyl halides is 3. The number of morpholine rings is 1. The maximum Gasteiger partial charge on any atom is 0.390 e. The molecule has 1 fully saturated rings. The predicted molar refractivity (Wildman–Crippen MR) is 109 cm³/mol. The molecule has 1 aromatic rings. The molecule has 1 aromatic carbocycles. The van der Waals surface area contributed by atoms with E-state index in [1.807, 2.05) is 49.1 Å². The largest absolute Gasteiger partial charge is 0.692 e. The lowest BCUT2D eigenvalue weighted by Gasteiger charge is -2.39. The summed E-state index contributed by atoms with van der Waals surface area (Å²) in [6, 6.07) is 9.30. The quantitative estimate of drug-likeness (QED) is 0.573. The van der Waals surface area contributed by atoms with Crippen molar-refractivity contribution in [1.29, 1.82) is 0 Å². The van der Waals surface area contributed by atoms with Gasteiger partial charge in [0.15, 0.2) is 12.4 Å². The number of nitrogens with two attached hydrogens (primary N) is 1. The first-order valence-electron chi connectivity index (χ1n) is 10.1. The molecule has 0 bridgehead atoms. The molecule has 2 N–H and O–H groups in total. The summed E-state index contributed by atoms with van der Waals surface area (Å²) < 4.78 is 44.1. The number of hydrazine groups is 1.